The predicted molar refractivity (Wildman–Crippen MR) is 67.1 cm³/mol. The maximum Gasteiger partial charge on any atom is 0.172 e. The van der Waals surface area contributed by atoms with Gasteiger partial charge in [0, 0.05) is 6.07 Å². The summed E-state index contributed by atoms with van der Waals surface area (Å²) in [5.74, 6) is 0.953. The van der Waals surface area contributed by atoms with Crippen molar-refractivity contribution < 1.29 is 9.63 Å². The molecule has 0 amide bonds. The summed E-state index contributed by atoms with van der Waals surface area (Å²) in [5, 5.41) is 13.8. The molecule has 4 nitrogen and oxygen atoms in total. The number of phenols is 1. The smallest absolute Gasteiger partial charge is 0.172 e. The van der Waals surface area contributed by atoms with Crippen LogP contribution in [0.25, 0.3) is 11.3 Å². The van der Waals surface area contributed by atoms with Gasteiger partial charge < -0.3 is 15.4 Å². The standard InChI is InChI=1S/C12H13ClN2O2/c1-6(2)7-3-8(12(16)9(13)4-7)10-5-11(14)15-17-10/h3-6,16H,1-2H3,(H2,14,15). The second kappa shape index (κ2) is 4.30. The fraction of sp³-hybridized carbons (Fsp3) is 0.250. The number of hydrogen-bond donors (Lipinski definition) is 2. The van der Waals surface area contributed by atoms with E-state index < -0.39 is 0 Å². The number of benzene rings is 1. The van der Waals surface area contributed by atoms with E-state index in [0.717, 1.165) is 5.56 Å². The minimum absolute atomic E-state index is 0.0211. The molecule has 1 aromatic carbocycles. The molecule has 0 fully saturated rings. The van der Waals surface area contributed by atoms with E-state index in [-0.39, 0.29) is 11.6 Å². The molecular weight excluding hydrogens is 240 g/mol. The number of anilines is 1. The van der Waals surface area contributed by atoms with Crippen LogP contribution in [0.2, 0.25) is 5.02 Å². The third kappa shape index (κ3) is 2.22. The van der Waals surface area contributed by atoms with Gasteiger partial charge in [-0.05, 0) is 23.6 Å². The fourth-order valence-electron chi connectivity index (χ4n) is 1.56. The van der Waals surface area contributed by atoms with Gasteiger partial charge in [0.2, 0.25) is 0 Å². The van der Waals surface area contributed by atoms with Gasteiger partial charge in [0.15, 0.2) is 11.6 Å². The molecule has 0 aliphatic carbocycles. The van der Waals surface area contributed by atoms with Crippen molar-refractivity contribution in [2.45, 2.75) is 19.8 Å². The average molecular weight is 253 g/mol. The Labute approximate surface area is 104 Å². The SMILES string of the molecule is CC(C)c1cc(Cl)c(O)c(-c2cc(N)no2)c1. The monoisotopic (exact) mass is 252 g/mol. The number of aromatic hydroxyl groups is 1. The lowest BCUT2D eigenvalue weighted by Crippen LogP contribution is -1.89. The lowest BCUT2D eigenvalue weighted by molar-refractivity contribution is 0.429. The van der Waals surface area contributed by atoms with Crippen LogP contribution in [0, 0.1) is 0 Å². The maximum atomic E-state index is 9.91. The molecule has 0 unspecified atom stereocenters. The molecule has 0 spiro atoms. The Balaban J connectivity index is 2.60. The summed E-state index contributed by atoms with van der Waals surface area (Å²) in [4.78, 5) is 0. The van der Waals surface area contributed by atoms with Crippen molar-refractivity contribution in [1.29, 1.82) is 0 Å². The molecule has 0 atom stereocenters. The van der Waals surface area contributed by atoms with Crippen LogP contribution in [0.5, 0.6) is 5.75 Å². The van der Waals surface area contributed by atoms with Crippen LogP contribution in [0.4, 0.5) is 5.82 Å². The third-order valence-corrected chi connectivity index (χ3v) is 2.83. The van der Waals surface area contributed by atoms with Crippen LogP contribution < -0.4 is 5.73 Å². The summed E-state index contributed by atoms with van der Waals surface area (Å²) in [7, 11) is 0. The average Bonchev–Trinajstić information content (AvgIpc) is 2.68. The van der Waals surface area contributed by atoms with Gasteiger partial charge >= 0.3 is 0 Å². The van der Waals surface area contributed by atoms with E-state index in [1.807, 2.05) is 19.9 Å². The van der Waals surface area contributed by atoms with Crippen molar-refractivity contribution in [3.8, 4) is 17.1 Å². The second-order valence-corrected chi connectivity index (χ2v) is 4.58. The van der Waals surface area contributed by atoms with Crippen LogP contribution in [0.1, 0.15) is 25.3 Å². The second-order valence-electron chi connectivity index (χ2n) is 4.17. The molecule has 0 saturated carbocycles. The van der Waals surface area contributed by atoms with Gasteiger partial charge in [-0.3, -0.25) is 0 Å². The molecule has 0 aliphatic heterocycles. The zero-order valence-corrected chi connectivity index (χ0v) is 10.3. The first-order chi connectivity index (χ1) is 7.99. The zero-order chi connectivity index (χ0) is 12.6. The highest BCUT2D eigenvalue weighted by Crippen LogP contribution is 2.38. The molecule has 1 heterocycles. The Morgan fingerprint density at radius 2 is 2.06 bits per heavy atom. The Bertz CT molecular complexity index is 549. The van der Waals surface area contributed by atoms with Crippen molar-refractivity contribution in [3.05, 3.63) is 28.8 Å². The van der Waals surface area contributed by atoms with Crippen LogP contribution in [0.15, 0.2) is 22.7 Å². The van der Waals surface area contributed by atoms with Gasteiger partial charge in [-0.25, -0.2) is 0 Å². The summed E-state index contributed by atoms with van der Waals surface area (Å²) in [6.45, 7) is 4.09. The molecule has 17 heavy (non-hydrogen) atoms. The van der Waals surface area contributed by atoms with Crippen LogP contribution >= 0.6 is 11.6 Å². The van der Waals surface area contributed by atoms with E-state index in [0.29, 0.717) is 22.3 Å². The Hall–Kier alpha value is -1.68. The molecule has 0 bridgehead atoms. The summed E-state index contributed by atoms with van der Waals surface area (Å²) in [6, 6.07) is 5.12. The molecule has 2 rings (SSSR count). The van der Waals surface area contributed by atoms with E-state index in [9.17, 15) is 5.11 Å². The number of nitrogens with two attached hydrogens (primary N) is 1. The van der Waals surface area contributed by atoms with Gasteiger partial charge in [-0.15, -0.1) is 0 Å². The number of phenolic OH excluding ortho intramolecular Hbond substituents is 1. The van der Waals surface area contributed by atoms with Crippen molar-refractivity contribution in [2.75, 3.05) is 5.73 Å². The molecule has 90 valence electrons. The highest BCUT2D eigenvalue weighted by molar-refractivity contribution is 6.32. The van der Waals surface area contributed by atoms with E-state index in [1.54, 1.807) is 12.1 Å². The first-order valence-corrected chi connectivity index (χ1v) is 5.61. The minimum atomic E-state index is -0.0211. The Kier molecular flexibility index (Phi) is 2.98. The highest BCUT2D eigenvalue weighted by atomic mass is 35.5. The summed E-state index contributed by atoms with van der Waals surface area (Å²) >= 11 is 5.98. The highest BCUT2D eigenvalue weighted by Gasteiger charge is 2.15. The van der Waals surface area contributed by atoms with Gasteiger partial charge in [0.1, 0.15) is 5.75 Å². The van der Waals surface area contributed by atoms with Crippen molar-refractivity contribution in [2.24, 2.45) is 0 Å². The molecular formula is C12H13ClN2O2. The number of nitrogen functional groups attached to an aromatic ring is 1. The van der Waals surface area contributed by atoms with Gasteiger partial charge in [-0.2, -0.15) is 0 Å². The Morgan fingerprint density at radius 1 is 1.35 bits per heavy atom. The minimum Gasteiger partial charge on any atom is -0.506 e. The van der Waals surface area contributed by atoms with Crippen LogP contribution in [0.3, 0.4) is 0 Å². The molecule has 1 aromatic heterocycles. The molecule has 2 aromatic rings. The summed E-state index contributed by atoms with van der Waals surface area (Å²) in [5.41, 5.74) is 7.00. The van der Waals surface area contributed by atoms with E-state index in [1.165, 1.54) is 0 Å². The van der Waals surface area contributed by atoms with Crippen molar-refractivity contribution >= 4 is 17.4 Å². The van der Waals surface area contributed by atoms with Crippen molar-refractivity contribution in [1.82, 2.24) is 5.16 Å². The summed E-state index contributed by atoms with van der Waals surface area (Å²) < 4.78 is 5.03. The van der Waals surface area contributed by atoms with Gasteiger partial charge in [0.25, 0.3) is 0 Å². The first kappa shape index (κ1) is 11.8. The van der Waals surface area contributed by atoms with E-state index in [2.05, 4.69) is 5.16 Å². The van der Waals surface area contributed by atoms with Crippen LogP contribution in [-0.2, 0) is 0 Å². The number of rotatable bonds is 2. The van der Waals surface area contributed by atoms with Gasteiger partial charge in [0.05, 0.1) is 10.6 Å². The van der Waals surface area contributed by atoms with E-state index >= 15 is 0 Å². The fourth-order valence-corrected chi connectivity index (χ4v) is 1.78. The molecule has 0 saturated heterocycles. The normalized spacial score (nSPS) is 11.1. The Morgan fingerprint density at radius 3 is 2.59 bits per heavy atom. The quantitative estimate of drug-likeness (QED) is 0.859. The molecule has 3 N–H and O–H groups in total. The molecule has 0 aliphatic rings. The molecule has 0 radical (unpaired) electrons. The third-order valence-electron chi connectivity index (χ3n) is 2.55. The van der Waals surface area contributed by atoms with Crippen molar-refractivity contribution in [3.63, 3.8) is 0 Å². The zero-order valence-electron chi connectivity index (χ0n) is 9.57. The topological polar surface area (TPSA) is 72.3 Å². The summed E-state index contributed by atoms with van der Waals surface area (Å²) in [6.07, 6.45) is 0. The van der Waals surface area contributed by atoms with E-state index in [4.69, 9.17) is 21.9 Å². The number of aromatic nitrogens is 1. The largest absolute Gasteiger partial charge is 0.506 e. The number of hydrogen-bond acceptors (Lipinski definition) is 4. The number of halogens is 1. The lowest BCUT2D eigenvalue weighted by atomic mass is 9.99. The first-order valence-electron chi connectivity index (χ1n) is 5.24. The maximum absolute atomic E-state index is 9.91. The lowest BCUT2D eigenvalue weighted by Gasteiger charge is -2.10. The molecule has 5 heteroatoms. The number of nitrogens with zero attached hydrogens (tertiary/aromatic N) is 1. The van der Waals surface area contributed by atoms with Gasteiger partial charge in [-0.1, -0.05) is 30.6 Å². The van der Waals surface area contributed by atoms with Crippen LogP contribution in [-0.4, -0.2) is 10.3 Å². The predicted octanol–water partition coefficient (Wildman–Crippen LogP) is 3.41.